The van der Waals surface area contributed by atoms with E-state index < -0.39 is 22.7 Å². The molecule has 0 fully saturated rings. The first-order valence-corrected chi connectivity index (χ1v) is 16.4. The first-order chi connectivity index (χ1) is 16.3. The third-order valence-corrected chi connectivity index (χ3v) is 8.70. The van der Waals surface area contributed by atoms with Crippen molar-refractivity contribution in [2.75, 3.05) is 39.5 Å². The molecule has 36 heavy (non-hydrogen) atoms. The number of carbonyl (C=O) groups excluding carboxylic acids is 1. The Bertz CT molecular complexity index is 586. The summed E-state index contributed by atoms with van der Waals surface area (Å²) in [5, 5.41) is 3.01. The summed E-state index contributed by atoms with van der Waals surface area (Å²) in [6.07, 6.45) is 3.18. The van der Waals surface area contributed by atoms with E-state index in [1.165, 1.54) is 0 Å². The van der Waals surface area contributed by atoms with Gasteiger partial charge in [-0.15, -0.1) is 0 Å². The first-order valence-electron chi connectivity index (χ1n) is 12.6. The molecule has 0 bridgehead atoms. The molecule has 0 aromatic heterocycles. The number of amides is 1. The predicted molar refractivity (Wildman–Crippen MR) is 133 cm³/mol. The van der Waals surface area contributed by atoms with Crippen molar-refractivity contribution in [3.05, 3.63) is 0 Å². The Balaban J connectivity index is 0. The summed E-state index contributed by atoms with van der Waals surface area (Å²) in [5.74, 6) is 0. The van der Waals surface area contributed by atoms with Crippen LogP contribution in [-0.4, -0.2) is 70.7 Å². The second kappa shape index (κ2) is 15.1. The molecule has 2 atom stereocenters. The number of ether oxygens (including phenoxy) is 1. The molecule has 0 rings (SSSR count). The van der Waals surface area contributed by atoms with E-state index >= 15 is 0 Å². The molecule has 0 aromatic carbocycles. The van der Waals surface area contributed by atoms with E-state index in [9.17, 15) is 30.0 Å². The van der Waals surface area contributed by atoms with E-state index in [1.54, 1.807) is 0 Å². The molecule has 0 heterocycles. The summed E-state index contributed by atoms with van der Waals surface area (Å²) < 4.78 is 83.8. The third kappa shape index (κ3) is 17.0. The molecule has 2 unspecified atom stereocenters. The van der Waals surface area contributed by atoms with Gasteiger partial charge in [-0.05, 0) is 46.5 Å². The molecule has 15 heteroatoms. The maximum absolute atomic E-state index is 12.9. The third-order valence-electron chi connectivity index (χ3n) is 5.22. The van der Waals surface area contributed by atoms with Crippen molar-refractivity contribution in [2.24, 2.45) is 0 Å². The second-order valence-corrected chi connectivity index (χ2v) is 13.0. The average molecular weight is 581 g/mol. The standard InChI is InChI=1S/C21H46N2O5Si.F6P/c1-9-16-23(17-10-2,18-11-3)19(8)28-21(24)22-20(12-4)29(25-13-5,26-14-6)27-15-7;1-7(2,3,4,5)6/h19-20H,9-18H2,1-8H3;/q;-1/p+1. The molecule has 1 amide bonds. The molecular weight excluding hydrogens is 533 g/mol. The van der Waals surface area contributed by atoms with E-state index in [4.69, 9.17) is 18.0 Å². The average Bonchev–Trinajstić information content (AvgIpc) is 2.70. The Labute approximate surface area is 213 Å². The van der Waals surface area contributed by atoms with Crippen molar-refractivity contribution in [1.82, 2.24) is 5.32 Å². The Hall–Kier alpha value is -0.663. The van der Waals surface area contributed by atoms with Gasteiger partial charge in [0.15, 0.2) is 0 Å². The fraction of sp³-hybridized carbons (Fsp3) is 0.952. The van der Waals surface area contributed by atoms with Gasteiger partial charge in [-0.2, -0.15) is 0 Å². The summed E-state index contributed by atoms with van der Waals surface area (Å²) in [6.45, 7) is 20.7. The van der Waals surface area contributed by atoms with Crippen LogP contribution in [0.2, 0.25) is 0 Å². The minimum atomic E-state index is -10.7. The number of rotatable bonds is 17. The van der Waals surface area contributed by atoms with Gasteiger partial charge in [-0.3, -0.25) is 4.48 Å². The zero-order valence-corrected chi connectivity index (χ0v) is 24.8. The van der Waals surface area contributed by atoms with Crippen molar-refractivity contribution in [3.63, 3.8) is 0 Å². The monoisotopic (exact) mass is 580 g/mol. The molecule has 0 radical (unpaired) electrons. The zero-order chi connectivity index (χ0) is 28.7. The molecule has 0 aliphatic carbocycles. The molecule has 222 valence electrons. The van der Waals surface area contributed by atoms with Gasteiger partial charge in [-0.1, -0.05) is 27.7 Å². The summed E-state index contributed by atoms with van der Waals surface area (Å²) in [4.78, 5) is 12.9. The van der Waals surface area contributed by atoms with Crippen LogP contribution in [-0.2, 0) is 18.0 Å². The maximum atomic E-state index is 12.9. The predicted octanol–water partition coefficient (Wildman–Crippen LogP) is 7.85. The molecule has 0 spiro atoms. The Kier molecular flexibility index (Phi) is 15.7. The number of halogens is 6. The summed E-state index contributed by atoms with van der Waals surface area (Å²) in [5.41, 5.74) is -0.340. The fourth-order valence-electron chi connectivity index (χ4n) is 4.13. The molecule has 1 N–H and O–H groups in total. The van der Waals surface area contributed by atoms with Crippen LogP contribution in [0.4, 0.5) is 30.0 Å². The van der Waals surface area contributed by atoms with Gasteiger partial charge in [-0.25, -0.2) is 4.79 Å². The van der Waals surface area contributed by atoms with Gasteiger partial charge >= 0.3 is 47.9 Å². The number of carbonyl (C=O) groups is 1. The van der Waals surface area contributed by atoms with Crippen molar-refractivity contribution in [2.45, 2.75) is 93.0 Å². The minimum absolute atomic E-state index is 0.213. The number of nitrogens with zero attached hydrogens (tertiary/aromatic N) is 1. The fourth-order valence-corrected chi connectivity index (χ4v) is 6.99. The van der Waals surface area contributed by atoms with Gasteiger partial charge in [0.05, 0.1) is 19.6 Å². The topological polar surface area (TPSA) is 66.0 Å². The Morgan fingerprint density at radius 3 is 1.36 bits per heavy atom. The van der Waals surface area contributed by atoms with E-state index in [2.05, 4.69) is 26.1 Å². The van der Waals surface area contributed by atoms with Crippen LogP contribution in [0.1, 0.15) is 81.1 Å². The zero-order valence-electron chi connectivity index (χ0n) is 22.9. The Morgan fingerprint density at radius 1 is 0.778 bits per heavy atom. The molecule has 0 aromatic rings. The number of hydrogen-bond acceptors (Lipinski definition) is 5. The van der Waals surface area contributed by atoms with E-state index in [0.29, 0.717) is 26.2 Å². The molecule has 0 aliphatic heterocycles. The van der Waals surface area contributed by atoms with Gasteiger partial charge in [0.25, 0.3) is 0 Å². The SMILES string of the molecule is CCC[N+](CCC)(CCC)C(C)OC(=O)NC(CC)[Si](OCC)(OCC)OCC.F[P-](F)(F)(F)(F)F. The van der Waals surface area contributed by atoms with Gasteiger partial charge < -0.3 is 23.3 Å². The van der Waals surface area contributed by atoms with Gasteiger partial charge in [0.2, 0.25) is 6.23 Å². The van der Waals surface area contributed by atoms with Crippen LogP contribution in [0.25, 0.3) is 0 Å². The van der Waals surface area contributed by atoms with Crippen LogP contribution in [0, 0.1) is 0 Å². The molecule has 0 saturated carbocycles. The van der Waals surface area contributed by atoms with Gasteiger partial charge in [0.1, 0.15) is 5.67 Å². The normalized spacial score (nSPS) is 16.2. The molecule has 0 saturated heterocycles. The molecular formula is C21H47F6N2O5PSi. The van der Waals surface area contributed by atoms with Crippen molar-refractivity contribution in [3.8, 4) is 0 Å². The van der Waals surface area contributed by atoms with E-state index in [-0.39, 0.29) is 11.9 Å². The number of hydrogen-bond donors (Lipinski definition) is 1. The first kappa shape index (κ1) is 37.5. The summed E-state index contributed by atoms with van der Waals surface area (Å²) in [6, 6.07) is 0. The van der Waals surface area contributed by atoms with Crippen LogP contribution in [0.3, 0.4) is 0 Å². The molecule has 7 nitrogen and oxygen atoms in total. The number of quaternary nitrogens is 1. The van der Waals surface area contributed by atoms with Crippen LogP contribution in [0.5, 0.6) is 0 Å². The Morgan fingerprint density at radius 2 is 1.11 bits per heavy atom. The molecule has 0 aliphatic rings. The number of alkyl carbamates (subject to hydrolysis) is 1. The number of nitrogens with one attached hydrogen (secondary N) is 1. The summed E-state index contributed by atoms with van der Waals surface area (Å²) >= 11 is 0. The van der Waals surface area contributed by atoms with Crippen molar-refractivity contribution >= 4 is 22.7 Å². The van der Waals surface area contributed by atoms with Crippen LogP contribution >= 0.6 is 7.81 Å². The van der Waals surface area contributed by atoms with E-state index in [0.717, 1.165) is 43.4 Å². The second-order valence-electron chi connectivity index (χ2n) is 8.36. The van der Waals surface area contributed by atoms with Crippen molar-refractivity contribution < 1.29 is 52.5 Å². The summed E-state index contributed by atoms with van der Waals surface area (Å²) in [7, 11) is -13.7. The van der Waals surface area contributed by atoms with Crippen LogP contribution < -0.4 is 5.32 Å². The van der Waals surface area contributed by atoms with Crippen molar-refractivity contribution in [1.29, 1.82) is 0 Å². The quantitative estimate of drug-likeness (QED) is 0.0624. The van der Waals surface area contributed by atoms with Crippen LogP contribution in [0.15, 0.2) is 0 Å². The van der Waals surface area contributed by atoms with E-state index in [1.807, 2.05) is 34.6 Å². The van der Waals surface area contributed by atoms with Gasteiger partial charge in [0, 0.05) is 26.7 Å².